The summed E-state index contributed by atoms with van der Waals surface area (Å²) in [6, 6.07) is 7.13. The third-order valence-corrected chi connectivity index (χ3v) is 11.5. The molecule has 5 atom stereocenters. The van der Waals surface area contributed by atoms with Crippen molar-refractivity contribution in [2.45, 2.75) is 80.4 Å². The number of carbonyl (C=O) groups is 3. The summed E-state index contributed by atoms with van der Waals surface area (Å²) in [6.07, 6.45) is 16.0. The number of thioether (sulfide) groups is 1. The molecule has 1 N–H and O–H groups in total. The second kappa shape index (κ2) is 12.4. The molecule has 1 spiro atoms. The number of unbranched alkanes of at least 4 members (excludes halogenated alkanes) is 2. The molecule has 3 amide bonds. The molecule has 0 bridgehead atoms. The fourth-order valence-electron chi connectivity index (χ4n) is 7.81. The van der Waals surface area contributed by atoms with Crippen molar-refractivity contribution >= 4 is 35.2 Å². The molecule has 1 aromatic rings. The number of hydrogen-bond acceptors (Lipinski definition) is 6. The lowest BCUT2D eigenvalue weighted by Gasteiger charge is -2.39. The van der Waals surface area contributed by atoms with Crippen molar-refractivity contribution in [3.63, 3.8) is 0 Å². The van der Waals surface area contributed by atoms with E-state index in [-0.39, 0.29) is 35.6 Å². The minimum absolute atomic E-state index is 0.0358. The van der Waals surface area contributed by atoms with Gasteiger partial charge in [-0.25, -0.2) is 0 Å². The van der Waals surface area contributed by atoms with E-state index in [9.17, 15) is 19.5 Å². The van der Waals surface area contributed by atoms with Crippen LogP contribution in [0.3, 0.4) is 0 Å². The van der Waals surface area contributed by atoms with Gasteiger partial charge in [0.05, 0.1) is 23.2 Å². The molecule has 3 fully saturated rings. The predicted molar refractivity (Wildman–Crippen MR) is 164 cm³/mol. The zero-order chi connectivity index (χ0) is 29.3. The predicted octanol–water partition coefficient (Wildman–Crippen LogP) is 4.18. The van der Waals surface area contributed by atoms with Crippen LogP contribution in [0.25, 0.3) is 0 Å². The van der Waals surface area contributed by atoms with Crippen LogP contribution in [-0.2, 0) is 14.4 Å². The maximum atomic E-state index is 14.5. The van der Waals surface area contributed by atoms with E-state index in [0.29, 0.717) is 32.7 Å². The summed E-state index contributed by atoms with van der Waals surface area (Å²) in [6.45, 7) is 4.08. The summed E-state index contributed by atoms with van der Waals surface area (Å²) in [5.74, 6) is -0.523. The summed E-state index contributed by atoms with van der Waals surface area (Å²) in [7, 11) is 0. The Morgan fingerprint density at radius 1 is 0.952 bits per heavy atom. The number of amides is 3. The van der Waals surface area contributed by atoms with Gasteiger partial charge in [-0.05, 0) is 63.3 Å². The van der Waals surface area contributed by atoms with E-state index < -0.39 is 22.6 Å². The van der Waals surface area contributed by atoms with Gasteiger partial charge < -0.3 is 24.5 Å². The first-order chi connectivity index (χ1) is 20.5. The summed E-state index contributed by atoms with van der Waals surface area (Å²) >= 11 is 1.65. The van der Waals surface area contributed by atoms with Crippen LogP contribution in [-0.4, -0.2) is 87.6 Å². The van der Waals surface area contributed by atoms with Gasteiger partial charge in [0.15, 0.2) is 0 Å². The number of aliphatic hydroxyl groups excluding tert-OH is 1. The van der Waals surface area contributed by atoms with Crippen molar-refractivity contribution in [1.29, 1.82) is 0 Å². The number of anilines is 1. The average molecular weight is 594 g/mol. The van der Waals surface area contributed by atoms with Gasteiger partial charge in [-0.15, -0.1) is 11.8 Å². The molecule has 0 aromatic heterocycles. The molecule has 42 heavy (non-hydrogen) atoms. The highest BCUT2D eigenvalue weighted by atomic mass is 32.2. The highest BCUT2D eigenvalue weighted by Gasteiger charge is 2.71. The van der Waals surface area contributed by atoms with Gasteiger partial charge in [0.1, 0.15) is 11.8 Å². The molecule has 9 heteroatoms. The number of aliphatic hydroxyl groups is 1. The van der Waals surface area contributed by atoms with E-state index in [1.807, 2.05) is 47.1 Å². The molecule has 1 unspecified atom stereocenters. The Morgan fingerprint density at radius 2 is 1.74 bits per heavy atom. The molecule has 4 heterocycles. The van der Waals surface area contributed by atoms with Crippen LogP contribution in [0.4, 0.5) is 5.69 Å². The number of carbonyl (C=O) groups excluding carboxylic acids is 3. The zero-order valence-corrected chi connectivity index (χ0v) is 25.3. The normalized spacial score (nSPS) is 31.2. The maximum Gasteiger partial charge on any atom is 0.247 e. The minimum atomic E-state index is -0.786. The summed E-state index contributed by atoms with van der Waals surface area (Å²) in [5.41, 5.74) is 0.776. The third kappa shape index (κ3) is 5.06. The Morgan fingerprint density at radius 3 is 2.48 bits per heavy atom. The summed E-state index contributed by atoms with van der Waals surface area (Å²) in [5, 5.41) is 9.14. The molecule has 1 saturated carbocycles. The van der Waals surface area contributed by atoms with Gasteiger partial charge in [-0.1, -0.05) is 43.6 Å². The van der Waals surface area contributed by atoms with E-state index in [2.05, 4.69) is 18.2 Å². The quantitative estimate of drug-likeness (QED) is 0.341. The van der Waals surface area contributed by atoms with E-state index in [0.717, 1.165) is 50.0 Å². The number of likely N-dealkylation sites (tertiary alicyclic amines) is 1. The molecular weight excluding hydrogens is 550 g/mol. The third-order valence-electron chi connectivity index (χ3n) is 9.72. The Bertz CT molecular complexity index is 1230. The molecule has 0 radical (unpaired) electrons. The highest BCUT2D eigenvalue weighted by molar-refractivity contribution is 8.02. The van der Waals surface area contributed by atoms with Crippen molar-refractivity contribution in [3.05, 3.63) is 48.6 Å². The largest absolute Gasteiger partial charge is 0.494 e. The van der Waals surface area contributed by atoms with Gasteiger partial charge in [0.25, 0.3) is 0 Å². The molecule has 6 rings (SSSR count). The van der Waals surface area contributed by atoms with Gasteiger partial charge in [0, 0.05) is 43.2 Å². The lowest BCUT2D eigenvalue weighted by molar-refractivity contribution is -0.144. The standard InChI is InChI=1S/C33H43N3O5S/c1-2-41-25-16-14-24(15-17-25)34-20-9-13-26-27(30(34)38)28-31(39)36(19-7-4-8-22-37)29-32(40)35(23-11-5-3-6-12-23)21-10-18-33(28,29)42-26/h9-10,13-18,23,26-29,37H,2-8,11-12,19-22H2,1H3/t26-,27+,28+,29?,33+/m1/s1. The second-order valence-electron chi connectivity index (χ2n) is 12.1. The smallest absolute Gasteiger partial charge is 0.247 e. The van der Waals surface area contributed by atoms with Crippen LogP contribution in [0.15, 0.2) is 48.6 Å². The fraction of sp³-hybridized carbons (Fsp3) is 0.606. The van der Waals surface area contributed by atoms with Gasteiger partial charge in [-0.3, -0.25) is 14.4 Å². The van der Waals surface area contributed by atoms with E-state index in [1.54, 1.807) is 16.7 Å². The fourth-order valence-corrected chi connectivity index (χ4v) is 9.81. The maximum absolute atomic E-state index is 14.5. The van der Waals surface area contributed by atoms with Crippen LogP contribution in [0.5, 0.6) is 5.75 Å². The summed E-state index contributed by atoms with van der Waals surface area (Å²) in [4.78, 5) is 49.0. The van der Waals surface area contributed by atoms with Crippen molar-refractivity contribution in [3.8, 4) is 5.75 Å². The monoisotopic (exact) mass is 593 g/mol. The Kier molecular flexibility index (Phi) is 8.68. The van der Waals surface area contributed by atoms with Crippen molar-refractivity contribution < 1.29 is 24.2 Å². The topological polar surface area (TPSA) is 90.4 Å². The van der Waals surface area contributed by atoms with Crippen LogP contribution in [0.2, 0.25) is 0 Å². The molecule has 5 aliphatic rings. The number of fused-ring (bicyclic) bond motifs is 2. The van der Waals surface area contributed by atoms with Crippen LogP contribution >= 0.6 is 11.8 Å². The number of hydrogen-bond donors (Lipinski definition) is 1. The highest BCUT2D eigenvalue weighted by Crippen LogP contribution is 2.61. The van der Waals surface area contributed by atoms with Crippen molar-refractivity contribution in [1.82, 2.24) is 9.80 Å². The number of rotatable bonds is 9. The summed E-state index contributed by atoms with van der Waals surface area (Å²) < 4.78 is 4.82. The SMILES string of the molecule is CCOc1ccc(N2CC=C[C@H]3S[C@]45C=CCN(C6CCCCC6)C(=O)C4N(CCCCCO)C(=O)[C@@H]5[C@H]3C2=O)cc1. The van der Waals surface area contributed by atoms with E-state index in [1.165, 1.54) is 6.42 Å². The van der Waals surface area contributed by atoms with E-state index in [4.69, 9.17) is 4.74 Å². The number of ether oxygens (including phenoxy) is 1. The number of benzene rings is 1. The van der Waals surface area contributed by atoms with Crippen molar-refractivity contribution in [2.75, 3.05) is 37.7 Å². The second-order valence-corrected chi connectivity index (χ2v) is 13.6. The molecule has 226 valence electrons. The zero-order valence-electron chi connectivity index (χ0n) is 24.5. The number of nitrogens with zero attached hydrogens (tertiary/aromatic N) is 3. The Balaban J connectivity index is 1.35. The molecule has 2 saturated heterocycles. The van der Waals surface area contributed by atoms with Gasteiger partial charge >= 0.3 is 0 Å². The minimum Gasteiger partial charge on any atom is -0.494 e. The lowest BCUT2D eigenvalue weighted by Crippen LogP contribution is -2.55. The van der Waals surface area contributed by atoms with Crippen LogP contribution < -0.4 is 9.64 Å². The Labute approximate surface area is 253 Å². The van der Waals surface area contributed by atoms with Gasteiger partial charge in [0.2, 0.25) is 17.7 Å². The van der Waals surface area contributed by atoms with Crippen molar-refractivity contribution in [2.24, 2.45) is 11.8 Å². The average Bonchev–Trinajstić information content (AvgIpc) is 3.31. The molecule has 1 aliphatic carbocycles. The first-order valence-electron chi connectivity index (χ1n) is 15.8. The lowest BCUT2D eigenvalue weighted by atomic mass is 9.78. The first-order valence-corrected chi connectivity index (χ1v) is 16.7. The molecule has 8 nitrogen and oxygen atoms in total. The molecule has 1 aromatic carbocycles. The van der Waals surface area contributed by atoms with Crippen LogP contribution in [0, 0.1) is 11.8 Å². The molecular formula is C33H43N3O5S. The molecule has 4 aliphatic heterocycles. The van der Waals surface area contributed by atoms with Crippen LogP contribution in [0.1, 0.15) is 58.3 Å². The Hall–Kier alpha value is -2.78. The van der Waals surface area contributed by atoms with Gasteiger partial charge in [-0.2, -0.15) is 0 Å². The van der Waals surface area contributed by atoms with E-state index >= 15 is 0 Å². The first kappa shape index (κ1) is 29.3.